The van der Waals surface area contributed by atoms with E-state index in [1.54, 1.807) is 12.1 Å². The van der Waals surface area contributed by atoms with Crippen molar-refractivity contribution in [3.8, 4) is 5.75 Å². The van der Waals surface area contributed by atoms with Gasteiger partial charge in [0.25, 0.3) is 0 Å². The van der Waals surface area contributed by atoms with Gasteiger partial charge in [-0.05, 0) is 23.2 Å². The minimum absolute atomic E-state index is 0. The van der Waals surface area contributed by atoms with Gasteiger partial charge in [-0.25, -0.2) is 0 Å². The van der Waals surface area contributed by atoms with E-state index in [2.05, 4.69) is 4.74 Å². The molecule has 0 N–H and O–H groups in total. The smallest absolute Gasteiger partial charge is 0.768 e. The Morgan fingerprint density at radius 1 is 1.43 bits per heavy atom. The summed E-state index contributed by atoms with van der Waals surface area (Å²) in [6.07, 6.45) is 0. The summed E-state index contributed by atoms with van der Waals surface area (Å²) in [4.78, 5) is 10.5. The van der Waals surface area contributed by atoms with Gasteiger partial charge >= 0.3 is 35.5 Å². The molecule has 0 aliphatic rings. The second-order valence-electron chi connectivity index (χ2n) is 2.28. The second-order valence-corrected chi connectivity index (χ2v) is 3.18. The first-order chi connectivity index (χ1) is 6.11. The van der Waals surface area contributed by atoms with Gasteiger partial charge in [0.1, 0.15) is 5.75 Å². The fraction of sp³-hybridized carbons (Fsp3) is 0.125. The normalized spacial score (nSPS) is 11.3. The Labute approximate surface area is 106 Å². The SMILES string of the molecule is CC(=O)Oc1ccccc1S(=O)[O-].[Na+]. The third-order valence-corrected chi connectivity index (χ3v) is 1.98. The summed E-state index contributed by atoms with van der Waals surface area (Å²) in [5.74, 6) is -0.485. The molecule has 1 aromatic carbocycles. The van der Waals surface area contributed by atoms with Crippen LogP contribution in [-0.4, -0.2) is 14.7 Å². The van der Waals surface area contributed by atoms with Crippen molar-refractivity contribution in [1.29, 1.82) is 0 Å². The summed E-state index contributed by atoms with van der Waals surface area (Å²) in [5.41, 5.74) is 0. The summed E-state index contributed by atoms with van der Waals surface area (Å²) in [7, 11) is 0. The number of hydrogen-bond donors (Lipinski definition) is 0. The van der Waals surface area contributed by atoms with E-state index in [9.17, 15) is 13.6 Å². The van der Waals surface area contributed by atoms with Crippen molar-refractivity contribution in [2.24, 2.45) is 0 Å². The van der Waals surface area contributed by atoms with Gasteiger partial charge in [-0.2, -0.15) is 0 Å². The molecule has 6 heteroatoms. The molecule has 0 aliphatic carbocycles. The van der Waals surface area contributed by atoms with Crippen molar-refractivity contribution in [3.05, 3.63) is 24.3 Å². The predicted molar refractivity (Wildman–Crippen MR) is 44.9 cm³/mol. The number of carbonyl (C=O) groups excluding carboxylic acids is 1. The van der Waals surface area contributed by atoms with Gasteiger partial charge in [-0.15, -0.1) is 0 Å². The second kappa shape index (κ2) is 6.31. The quantitative estimate of drug-likeness (QED) is 0.248. The molecule has 1 rings (SSSR count). The fourth-order valence-electron chi connectivity index (χ4n) is 0.827. The molecule has 0 amide bonds. The maximum absolute atomic E-state index is 10.6. The van der Waals surface area contributed by atoms with Gasteiger partial charge in [-0.1, -0.05) is 12.1 Å². The molecule has 1 aromatic rings. The molecule has 0 saturated carbocycles. The summed E-state index contributed by atoms with van der Waals surface area (Å²) in [5, 5.41) is 0. The van der Waals surface area contributed by atoms with Gasteiger partial charge in [0, 0.05) is 6.92 Å². The van der Waals surface area contributed by atoms with Crippen LogP contribution in [0.4, 0.5) is 0 Å². The number of rotatable bonds is 2. The zero-order valence-electron chi connectivity index (χ0n) is 7.85. The molecule has 0 radical (unpaired) electrons. The van der Waals surface area contributed by atoms with Crippen molar-refractivity contribution >= 4 is 17.0 Å². The molecule has 4 nitrogen and oxygen atoms in total. The third-order valence-electron chi connectivity index (χ3n) is 1.28. The Morgan fingerprint density at radius 3 is 2.50 bits per heavy atom. The molecule has 0 aromatic heterocycles. The van der Waals surface area contributed by atoms with E-state index in [4.69, 9.17) is 0 Å². The zero-order chi connectivity index (χ0) is 9.84. The molecule has 0 saturated heterocycles. The maximum atomic E-state index is 10.6. The molecular weight excluding hydrogens is 215 g/mol. The van der Waals surface area contributed by atoms with Crippen molar-refractivity contribution < 1.29 is 47.9 Å². The Hall–Kier alpha value is -0.200. The number of ether oxygens (including phenoxy) is 1. The topological polar surface area (TPSA) is 66.4 Å². The average molecular weight is 222 g/mol. The van der Waals surface area contributed by atoms with Crippen LogP contribution in [0, 0.1) is 0 Å². The number of para-hydroxylation sites is 1. The number of carbonyl (C=O) groups is 1. The van der Waals surface area contributed by atoms with Crippen molar-refractivity contribution in [2.45, 2.75) is 11.8 Å². The molecule has 0 bridgehead atoms. The number of hydrogen-bond acceptors (Lipinski definition) is 4. The monoisotopic (exact) mass is 222 g/mol. The number of esters is 1. The van der Waals surface area contributed by atoms with E-state index in [0.717, 1.165) is 0 Å². The van der Waals surface area contributed by atoms with Crippen LogP contribution in [0.5, 0.6) is 5.75 Å². The van der Waals surface area contributed by atoms with Crippen LogP contribution in [0.1, 0.15) is 6.92 Å². The summed E-state index contributed by atoms with van der Waals surface area (Å²) in [6.45, 7) is 1.21. The maximum Gasteiger partial charge on any atom is 1.00 e. The van der Waals surface area contributed by atoms with Gasteiger partial charge in [0.05, 0.1) is 4.90 Å². The summed E-state index contributed by atoms with van der Waals surface area (Å²) >= 11 is -2.38. The van der Waals surface area contributed by atoms with Gasteiger partial charge < -0.3 is 9.29 Å². The molecule has 14 heavy (non-hydrogen) atoms. The van der Waals surface area contributed by atoms with Crippen LogP contribution in [0.15, 0.2) is 29.2 Å². The standard InChI is InChI=1S/C8H8O4S.Na/c1-6(9)12-7-4-2-3-5-8(7)13(10)11;/h2-5H,1H3,(H,10,11);/q;+1/p-1. The Kier molecular flexibility index (Phi) is 6.22. The average Bonchev–Trinajstić information content (AvgIpc) is 2.03. The van der Waals surface area contributed by atoms with E-state index in [1.807, 2.05) is 0 Å². The van der Waals surface area contributed by atoms with E-state index in [1.165, 1.54) is 19.1 Å². The van der Waals surface area contributed by atoms with E-state index >= 15 is 0 Å². The van der Waals surface area contributed by atoms with Crippen LogP contribution in [0.25, 0.3) is 0 Å². The molecule has 1 unspecified atom stereocenters. The zero-order valence-corrected chi connectivity index (χ0v) is 10.7. The van der Waals surface area contributed by atoms with Crippen LogP contribution in [0.3, 0.4) is 0 Å². The number of benzene rings is 1. The summed E-state index contributed by atoms with van der Waals surface area (Å²) < 4.78 is 25.9. The van der Waals surface area contributed by atoms with Crippen LogP contribution >= 0.6 is 0 Å². The van der Waals surface area contributed by atoms with Crippen LogP contribution < -0.4 is 34.3 Å². The predicted octanol–water partition coefficient (Wildman–Crippen LogP) is -2.15. The van der Waals surface area contributed by atoms with Crippen molar-refractivity contribution in [3.63, 3.8) is 0 Å². The van der Waals surface area contributed by atoms with E-state index in [-0.39, 0.29) is 40.2 Å². The van der Waals surface area contributed by atoms with Gasteiger partial charge in [-0.3, -0.25) is 9.00 Å². The first kappa shape index (κ1) is 13.8. The molecule has 70 valence electrons. The van der Waals surface area contributed by atoms with Gasteiger partial charge in [0.2, 0.25) is 0 Å². The van der Waals surface area contributed by atoms with Gasteiger partial charge in [0.15, 0.2) is 0 Å². The molecule has 0 fully saturated rings. The van der Waals surface area contributed by atoms with Crippen molar-refractivity contribution in [2.75, 3.05) is 0 Å². The first-order valence-corrected chi connectivity index (χ1v) is 4.55. The van der Waals surface area contributed by atoms with Crippen molar-refractivity contribution in [1.82, 2.24) is 0 Å². The molecule has 0 heterocycles. The van der Waals surface area contributed by atoms with E-state index in [0.29, 0.717) is 0 Å². The third kappa shape index (κ3) is 3.89. The minimum atomic E-state index is -2.38. The fourth-order valence-corrected chi connectivity index (χ4v) is 1.29. The van der Waals surface area contributed by atoms with Crippen LogP contribution in [0.2, 0.25) is 0 Å². The molecule has 1 atom stereocenters. The Morgan fingerprint density at radius 2 is 2.00 bits per heavy atom. The minimum Gasteiger partial charge on any atom is -0.768 e. The van der Waals surface area contributed by atoms with Crippen LogP contribution in [-0.2, 0) is 15.9 Å². The van der Waals surface area contributed by atoms with E-state index < -0.39 is 17.0 Å². The first-order valence-electron chi connectivity index (χ1n) is 3.48. The Balaban J connectivity index is 0.00000169. The Bertz CT molecular complexity index is 353. The molecule has 0 spiro atoms. The molecular formula is C8H7NaO4S. The molecule has 0 aliphatic heterocycles. The largest absolute Gasteiger partial charge is 1.00 e. The summed E-state index contributed by atoms with van der Waals surface area (Å²) in [6, 6.07) is 5.93.